The Kier molecular flexibility index (Phi) is 8.91. The average Bonchev–Trinajstić information content (AvgIpc) is 3.34. The first-order valence-electron chi connectivity index (χ1n) is 8.39. The summed E-state index contributed by atoms with van der Waals surface area (Å²) < 4.78 is 0. The van der Waals surface area contributed by atoms with Gasteiger partial charge in [0.15, 0.2) is 5.96 Å². The van der Waals surface area contributed by atoms with E-state index in [2.05, 4.69) is 67.6 Å². The summed E-state index contributed by atoms with van der Waals surface area (Å²) in [4.78, 5) is 7.16. The molecule has 1 unspecified atom stereocenters. The molecule has 23 heavy (non-hydrogen) atoms. The third-order valence-corrected chi connectivity index (χ3v) is 4.23. The second-order valence-electron chi connectivity index (χ2n) is 6.31. The first-order chi connectivity index (χ1) is 10.6. The minimum absolute atomic E-state index is 0. The van der Waals surface area contributed by atoms with Crippen LogP contribution in [0.15, 0.2) is 29.3 Å². The minimum Gasteiger partial charge on any atom is -0.357 e. The van der Waals surface area contributed by atoms with Gasteiger partial charge in [-0.3, -0.25) is 4.90 Å². The van der Waals surface area contributed by atoms with Crippen LogP contribution in [0, 0.1) is 6.92 Å². The van der Waals surface area contributed by atoms with Gasteiger partial charge in [-0.25, -0.2) is 4.99 Å². The molecule has 5 heteroatoms. The molecule has 2 N–H and O–H groups in total. The van der Waals surface area contributed by atoms with Crippen LogP contribution in [0.5, 0.6) is 0 Å². The highest BCUT2D eigenvalue weighted by Crippen LogP contribution is 2.26. The first-order valence-corrected chi connectivity index (χ1v) is 8.39. The van der Waals surface area contributed by atoms with Crippen molar-refractivity contribution in [2.24, 2.45) is 4.99 Å². The average molecular weight is 430 g/mol. The SMILES string of the molecule is CCNC(=NCc1cccc(C)c1)NCC(C)N(C)C1CC1.I. The molecule has 0 spiro atoms. The molecule has 1 aliphatic carbocycles. The lowest BCUT2D eigenvalue weighted by molar-refractivity contribution is 0.247. The van der Waals surface area contributed by atoms with Gasteiger partial charge in [-0.05, 0) is 46.2 Å². The number of benzene rings is 1. The predicted molar refractivity (Wildman–Crippen MR) is 110 cm³/mol. The Morgan fingerprint density at radius 3 is 2.70 bits per heavy atom. The van der Waals surface area contributed by atoms with Crippen molar-refractivity contribution in [3.05, 3.63) is 35.4 Å². The zero-order valence-electron chi connectivity index (χ0n) is 14.8. The highest BCUT2D eigenvalue weighted by Gasteiger charge is 2.28. The van der Waals surface area contributed by atoms with Gasteiger partial charge in [-0.15, -0.1) is 24.0 Å². The topological polar surface area (TPSA) is 39.7 Å². The van der Waals surface area contributed by atoms with Gasteiger partial charge in [0.2, 0.25) is 0 Å². The lowest BCUT2D eigenvalue weighted by Crippen LogP contribution is -2.45. The maximum absolute atomic E-state index is 4.69. The predicted octanol–water partition coefficient (Wildman–Crippen LogP) is 3.15. The number of rotatable bonds is 7. The number of aliphatic imine (C=N–C) groups is 1. The van der Waals surface area contributed by atoms with Crippen molar-refractivity contribution < 1.29 is 0 Å². The van der Waals surface area contributed by atoms with Crippen LogP contribution in [0.25, 0.3) is 0 Å². The molecule has 1 saturated carbocycles. The van der Waals surface area contributed by atoms with E-state index in [1.54, 1.807) is 0 Å². The Morgan fingerprint density at radius 1 is 1.35 bits per heavy atom. The van der Waals surface area contributed by atoms with Crippen LogP contribution >= 0.6 is 24.0 Å². The van der Waals surface area contributed by atoms with Gasteiger partial charge in [0, 0.05) is 25.2 Å². The molecule has 0 saturated heterocycles. The number of hydrogen-bond donors (Lipinski definition) is 2. The monoisotopic (exact) mass is 430 g/mol. The standard InChI is InChI=1S/C18H30N4.HI/c1-5-19-18(20-12-15(3)22(4)17-9-10-17)21-13-16-8-6-7-14(2)11-16;/h6-8,11,15,17H,5,9-10,12-13H2,1-4H3,(H2,19,20,21);1H. The summed E-state index contributed by atoms with van der Waals surface area (Å²) in [7, 11) is 2.22. The minimum atomic E-state index is 0. The molecule has 0 aromatic heterocycles. The van der Waals surface area contributed by atoms with E-state index in [0.29, 0.717) is 12.6 Å². The Balaban J connectivity index is 0.00000264. The van der Waals surface area contributed by atoms with E-state index in [-0.39, 0.29) is 24.0 Å². The van der Waals surface area contributed by atoms with Gasteiger partial charge >= 0.3 is 0 Å². The fourth-order valence-corrected chi connectivity index (χ4v) is 2.55. The fourth-order valence-electron chi connectivity index (χ4n) is 2.55. The Bertz CT molecular complexity index is 500. The van der Waals surface area contributed by atoms with Crippen molar-refractivity contribution in [2.75, 3.05) is 20.1 Å². The summed E-state index contributed by atoms with van der Waals surface area (Å²) in [6.07, 6.45) is 2.70. The van der Waals surface area contributed by atoms with Crippen molar-refractivity contribution in [1.82, 2.24) is 15.5 Å². The van der Waals surface area contributed by atoms with E-state index in [1.165, 1.54) is 24.0 Å². The van der Waals surface area contributed by atoms with E-state index >= 15 is 0 Å². The molecule has 2 rings (SSSR count). The molecule has 1 atom stereocenters. The molecule has 1 aromatic rings. The van der Waals surface area contributed by atoms with Gasteiger partial charge in [-0.1, -0.05) is 29.8 Å². The van der Waals surface area contributed by atoms with Crippen molar-refractivity contribution >= 4 is 29.9 Å². The third kappa shape index (κ3) is 7.08. The molecule has 0 radical (unpaired) electrons. The van der Waals surface area contributed by atoms with Gasteiger partial charge < -0.3 is 10.6 Å². The van der Waals surface area contributed by atoms with Crippen LogP contribution in [-0.2, 0) is 6.54 Å². The van der Waals surface area contributed by atoms with Crippen LogP contribution < -0.4 is 10.6 Å². The molecule has 1 aromatic carbocycles. The van der Waals surface area contributed by atoms with Crippen LogP contribution in [0.3, 0.4) is 0 Å². The molecular formula is C18H31IN4. The normalized spacial score (nSPS) is 16.0. The molecule has 1 fully saturated rings. The van der Waals surface area contributed by atoms with Crippen LogP contribution in [-0.4, -0.2) is 43.1 Å². The van der Waals surface area contributed by atoms with Gasteiger partial charge in [0.05, 0.1) is 6.54 Å². The number of nitrogens with zero attached hydrogens (tertiary/aromatic N) is 2. The van der Waals surface area contributed by atoms with Crippen molar-refractivity contribution in [3.8, 4) is 0 Å². The zero-order chi connectivity index (χ0) is 15.9. The van der Waals surface area contributed by atoms with E-state index in [0.717, 1.165) is 25.1 Å². The molecule has 1 aliphatic rings. The fraction of sp³-hybridized carbons (Fsp3) is 0.611. The number of nitrogens with one attached hydrogen (secondary N) is 2. The summed E-state index contributed by atoms with van der Waals surface area (Å²) in [6, 6.07) is 9.85. The molecular weight excluding hydrogens is 399 g/mol. The molecule has 0 heterocycles. The van der Waals surface area contributed by atoms with Crippen LogP contribution in [0.1, 0.15) is 37.8 Å². The highest BCUT2D eigenvalue weighted by molar-refractivity contribution is 14.0. The molecule has 0 aliphatic heterocycles. The van der Waals surface area contributed by atoms with Gasteiger partial charge in [0.25, 0.3) is 0 Å². The number of halogens is 1. The molecule has 4 nitrogen and oxygen atoms in total. The van der Waals surface area contributed by atoms with Crippen molar-refractivity contribution in [3.63, 3.8) is 0 Å². The summed E-state index contributed by atoms with van der Waals surface area (Å²) in [5.41, 5.74) is 2.53. The maximum Gasteiger partial charge on any atom is 0.191 e. The van der Waals surface area contributed by atoms with Crippen LogP contribution in [0.2, 0.25) is 0 Å². The van der Waals surface area contributed by atoms with Crippen molar-refractivity contribution in [1.29, 1.82) is 0 Å². The number of guanidine groups is 1. The zero-order valence-corrected chi connectivity index (χ0v) is 17.1. The van der Waals surface area contributed by atoms with Gasteiger partial charge in [-0.2, -0.15) is 0 Å². The Morgan fingerprint density at radius 2 is 2.09 bits per heavy atom. The van der Waals surface area contributed by atoms with Crippen molar-refractivity contribution in [2.45, 2.75) is 52.2 Å². The summed E-state index contributed by atoms with van der Waals surface area (Å²) in [6.45, 7) is 9.01. The number of hydrogen-bond acceptors (Lipinski definition) is 2. The second-order valence-corrected chi connectivity index (χ2v) is 6.31. The third-order valence-electron chi connectivity index (χ3n) is 4.23. The van der Waals surface area contributed by atoms with E-state index in [4.69, 9.17) is 4.99 Å². The summed E-state index contributed by atoms with van der Waals surface area (Å²) in [5.74, 6) is 0.903. The Hall–Kier alpha value is -0.820. The van der Waals surface area contributed by atoms with Gasteiger partial charge in [0.1, 0.15) is 0 Å². The lowest BCUT2D eigenvalue weighted by Gasteiger charge is -2.25. The number of likely N-dealkylation sites (N-methyl/N-ethyl adjacent to an activating group) is 1. The molecule has 0 bridgehead atoms. The highest BCUT2D eigenvalue weighted by atomic mass is 127. The summed E-state index contributed by atoms with van der Waals surface area (Å²) in [5, 5.41) is 6.79. The quantitative estimate of drug-likeness (QED) is 0.397. The molecule has 0 amide bonds. The van der Waals surface area contributed by atoms with E-state index in [1.807, 2.05) is 0 Å². The molecule has 130 valence electrons. The van der Waals surface area contributed by atoms with E-state index < -0.39 is 0 Å². The van der Waals surface area contributed by atoms with Crippen LogP contribution in [0.4, 0.5) is 0 Å². The number of aryl methyl sites for hydroxylation is 1. The smallest absolute Gasteiger partial charge is 0.191 e. The first kappa shape index (κ1) is 20.2. The largest absolute Gasteiger partial charge is 0.357 e. The lowest BCUT2D eigenvalue weighted by atomic mass is 10.1. The summed E-state index contributed by atoms with van der Waals surface area (Å²) >= 11 is 0. The van der Waals surface area contributed by atoms with E-state index in [9.17, 15) is 0 Å². The second kappa shape index (κ2) is 10.1. The maximum atomic E-state index is 4.69. The Labute approximate surface area is 158 Å².